The molecule has 0 aliphatic rings. The van der Waals surface area contributed by atoms with Crippen molar-refractivity contribution in [3.8, 4) is 23.7 Å². The van der Waals surface area contributed by atoms with Crippen LogP contribution in [0.1, 0.15) is 48.9 Å². The summed E-state index contributed by atoms with van der Waals surface area (Å²) in [5.74, 6) is 7.35. The highest BCUT2D eigenvalue weighted by atomic mass is 19.2. The zero-order valence-electron chi connectivity index (χ0n) is 15.2. The monoisotopic (exact) mass is 348 g/mol. The van der Waals surface area contributed by atoms with Crippen LogP contribution in [0.2, 0.25) is 0 Å². The predicted molar refractivity (Wildman–Crippen MR) is 104 cm³/mol. The first-order valence-electron chi connectivity index (χ1n) is 8.89. The Balaban J connectivity index is 2.06. The molecule has 0 N–H and O–H groups in total. The van der Waals surface area contributed by atoms with Crippen LogP contribution in [0, 0.1) is 23.7 Å². The second kappa shape index (κ2) is 10.2. The summed E-state index contributed by atoms with van der Waals surface area (Å²) in [5, 5.41) is 0. The topological polar surface area (TPSA) is 0 Å². The summed E-state index contributed by atoms with van der Waals surface area (Å²) in [6, 6.07) is 15.0. The number of halogens is 2. The number of allylic oxidation sites excluding steroid dienone is 2. The maximum atomic E-state index is 13.8. The van der Waals surface area contributed by atoms with E-state index in [9.17, 15) is 8.78 Å². The van der Waals surface area contributed by atoms with Crippen LogP contribution in [0.25, 0.3) is 0 Å². The van der Waals surface area contributed by atoms with Crippen molar-refractivity contribution in [2.45, 2.75) is 39.5 Å². The fourth-order valence-corrected chi connectivity index (χ4v) is 2.32. The highest BCUT2D eigenvalue weighted by Crippen LogP contribution is 2.10. The number of hydrogen-bond acceptors (Lipinski definition) is 0. The highest BCUT2D eigenvalue weighted by Gasteiger charge is 1.99. The Labute approximate surface area is 155 Å². The lowest BCUT2D eigenvalue weighted by atomic mass is 10.1. The van der Waals surface area contributed by atoms with Crippen LogP contribution in [0.3, 0.4) is 0 Å². The summed E-state index contributed by atoms with van der Waals surface area (Å²) in [7, 11) is 0. The molecule has 0 nitrogen and oxygen atoms in total. The Morgan fingerprint density at radius 2 is 1.19 bits per heavy atom. The Kier molecular flexibility index (Phi) is 7.66. The minimum Gasteiger partial charge on any atom is -0.193 e. The molecule has 2 aromatic carbocycles. The predicted octanol–water partition coefficient (Wildman–Crippen LogP) is 6.15. The first-order chi connectivity index (χ1) is 12.6. The number of aryl methyl sites for hydroxylation is 2. The van der Waals surface area contributed by atoms with Crippen molar-refractivity contribution < 1.29 is 8.78 Å². The van der Waals surface area contributed by atoms with Crippen LogP contribution < -0.4 is 0 Å². The molecule has 2 aromatic rings. The fraction of sp³-hybridized carbons (Fsp3) is 0.250. The first kappa shape index (κ1) is 19.5. The van der Waals surface area contributed by atoms with Crippen molar-refractivity contribution in [1.82, 2.24) is 0 Å². The van der Waals surface area contributed by atoms with Crippen LogP contribution in [-0.4, -0.2) is 0 Å². The quantitative estimate of drug-likeness (QED) is 0.582. The van der Waals surface area contributed by atoms with Gasteiger partial charge in [0.05, 0.1) is 0 Å². The van der Waals surface area contributed by atoms with E-state index in [1.54, 1.807) is 12.1 Å². The van der Waals surface area contributed by atoms with Crippen LogP contribution in [-0.2, 0) is 12.8 Å². The lowest BCUT2D eigenvalue weighted by Crippen LogP contribution is -1.84. The molecule has 132 valence electrons. The van der Waals surface area contributed by atoms with E-state index in [-0.39, 0.29) is 0 Å². The van der Waals surface area contributed by atoms with Crippen molar-refractivity contribution in [2.75, 3.05) is 0 Å². The van der Waals surface area contributed by atoms with Crippen LogP contribution >= 0.6 is 0 Å². The molecule has 2 rings (SSSR count). The summed E-state index contributed by atoms with van der Waals surface area (Å²) >= 11 is 0. The standard InChI is InChI=1S/C24H22F2/c1-3-5-6-20-11-13-22(14-12-20)16-18-24(26)23(25)17-15-21-9-7-19(4-2)8-10-21/h7-14H,3-6H2,1-2H3. The molecular formula is C24H22F2. The maximum absolute atomic E-state index is 13.8. The van der Waals surface area contributed by atoms with Gasteiger partial charge >= 0.3 is 0 Å². The molecule has 0 atom stereocenters. The summed E-state index contributed by atoms with van der Waals surface area (Å²) < 4.78 is 27.5. The van der Waals surface area contributed by atoms with Gasteiger partial charge in [0.15, 0.2) is 0 Å². The molecule has 0 bridgehead atoms. The molecule has 0 saturated carbocycles. The third kappa shape index (κ3) is 6.23. The van der Waals surface area contributed by atoms with Gasteiger partial charge in [0.2, 0.25) is 11.7 Å². The van der Waals surface area contributed by atoms with Gasteiger partial charge in [-0.1, -0.05) is 56.4 Å². The van der Waals surface area contributed by atoms with E-state index in [0.29, 0.717) is 11.1 Å². The lowest BCUT2D eigenvalue weighted by Gasteiger charge is -1.99. The van der Waals surface area contributed by atoms with Gasteiger partial charge in [0.25, 0.3) is 0 Å². The van der Waals surface area contributed by atoms with Crippen molar-refractivity contribution in [1.29, 1.82) is 0 Å². The number of rotatable bonds is 4. The van der Waals surface area contributed by atoms with Gasteiger partial charge in [-0.2, -0.15) is 8.78 Å². The third-order valence-electron chi connectivity index (χ3n) is 3.96. The van der Waals surface area contributed by atoms with Crippen molar-refractivity contribution >= 4 is 0 Å². The van der Waals surface area contributed by atoms with E-state index in [1.165, 1.54) is 11.1 Å². The van der Waals surface area contributed by atoms with E-state index >= 15 is 0 Å². The van der Waals surface area contributed by atoms with Gasteiger partial charge < -0.3 is 0 Å². The molecule has 2 heteroatoms. The largest absolute Gasteiger partial charge is 0.217 e. The van der Waals surface area contributed by atoms with Gasteiger partial charge in [0.1, 0.15) is 0 Å². The van der Waals surface area contributed by atoms with Crippen molar-refractivity contribution in [2.24, 2.45) is 0 Å². The minimum absolute atomic E-state index is 0.640. The summed E-state index contributed by atoms with van der Waals surface area (Å²) in [4.78, 5) is 0. The normalized spacial score (nSPS) is 10.9. The zero-order chi connectivity index (χ0) is 18.8. The van der Waals surface area contributed by atoms with Crippen LogP contribution in [0.15, 0.2) is 60.2 Å². The molecular weight excluding hydrogens is 326 g/mol. The highest BCUT2D eigenvalue weighted by molar-refractivity contribution is 5.45. The average molecular weight is 348 g/mol. The molecule has 0 aromatic heterocycles. The molecule has 0 radical (unpaired) electrons. The van der Waals surface area contributed by atoms with Gasteiger partial charge in [-0.15, -0.1) is 0 Å². The lowest BCUT2D eigenvalue weighted by molar-refractivity contribution is 0.584. The molecule has 0 aliphatic heterocycles. The van der Waals surface area contributed by atoms with E-state index in [4.69, 9.17) is 0 Å². The second-order valence-electron chi connectivity index (χ2n) is 5.98. The Bertz CT molecular complexity index is 864. The van der Waals surface area contributed by atoms with E-state index < -0.39 is 11.7 Å². The molecule has 0 heterocycles. The molecule has 0 amide bonds. The fourth-order valence-electron chi connectivity index (χ4n) is 2.32. The first-order valence-corrected chi connectivity index (χ1v) is 8.89. The summed E-state index contributed by atoms with van der Waals surface area (Å²) in [5.41, 5.74) is 3.68. The van der Waals surface area contributed by atoms with Crippen LogP contribution in [0.5, 0.6) is 0 Å². The summed E-state index contributed by atoms with van der Waals surface area (Å²) in [6.07, 6.45) is 4.21. The molecule has 0 unspecified atom stereocenters. The average Bonchev–Trinajstić information content (AvgIpc) is 2.69. The molecule has 26 heavy (non-hydrogen) atoms. The van der Waals surface area contributed by atoms with Crippen molar-refractivity contribution in [3.05, 3.63) is 82.4 Å². The smallest absolute Gasteiger partial charge is 0.193 e. The molecule has 0 spiro atoms. The van der Waals surface area contributed by atoms with Gasteiger partial charge in [0, 0.05) is 11.1 Å². The van der Waals surface area contributed by atoms with Crippen molar-refractivity contribution in [3.63, 3.8) is 0 Å². The number of benzene rings is 2. The van der Waals surface area contributed by atoms with Gasteiger partial charge in [-0.05, 0) is 66.5 Å². The Morgan fingerprint density at radius 3 is 1.62 bits per heavy atom. The van der Waals surface area contributed by atoms with Gasteiger partial charge in [-0.3, -0.25) is 0 Å². The Hall–Kier alpha value is -2.84. The van der Waals surface area contributed by atoms with E-state index in [1.807, 2.05) is 36.4 Å². The van der Waals surface area contributed by atoms with Gasteiger partial charge in [-0.25, -0.2) is 0 Å². The zero-order valence-corrected chi connectivity index (χ0v) is 15.2. The minimum atomic E-state index is -1.14. The second-order valence-corrected chi connectivity index (χ2v) is 5.98. The Morgan fingerprint density at radius 1 is 0.731 bits per heavy atom. The van der Waals surface area contributed by atoms with E-state index in [0.717, 1.165) is 25.7 Å². The maximum Gasteiger partial charge on any atom is 0.217 e. The molecule has 0 aliphatic carbocycles. The third-order valence-corrected chi connectivity index (χ3v) is 3.96. The van der Waals surface area contributed by atoms with E-state index in [2.05, 4.69) is 37.5 Å². The molecule has 0 saturated heterocycles. The molecule has 0 fully saturated rings. The summed E-state index contributed by atoms with van der Waals surface area (Å²) in [6.45, 7) is 4.20. The number of hydrogen-bond donors (Lipinski definition) is 0. The van der Waals surface area contributed by atoms with Crippen LogP contribution in [0.4, 0.5) is 8.78 Å². The number of unbranched alkanes of at least 4 members (excludes halogenated alkanes) is 1. The SMILES string of the molecule is CCCCc1ccc(C#CC(F)=C(F)C#Cc2ccc(CC)cc2)cc1.